The molecule has 35 heavy (non-hydrogen) atoms. The van der Waals surface area contributed by atoms with Gasteiger partial charge in [-0.05, 0) is 48.0 Å². The van der Waals surface area contributed by atoms with Crippen LogP contribution in [0.3, 0.4) is 0 Å². The number of amides is 3. The quantitative estimate of drug-likeness (QED) is 0.577. The molecule has 2 aromatic carbocycles. The second-order valence-electron chi connectivity index (χ2n) is 8.58. The number of benzene rings is 2. The first-order valence-corrected chi connectivity index (χ1v) is 11.3. The first-order valence-electron chi connectivity index (χ1n) is 11.3. The minimum Gasteiger partial charge on any atom is -0.394 e. The van der Waals surface area contributed by atoms with Crippen molar-refractivity contribution < 1.29 is 19.1 Å². The summed E-state index contributed by atoms with van der Waals surface area (Å²) in [5.74, 6) is 5.39. The van der Waals surface area contributed by atoms with Gasteiger partial charge in [-0.3, -0.25) is 9.78 Å². The van der Waals surface area contributed by atoms with Gasteiger partial charge in [-0.1, -0.05) is 30.0 Å². The maximum atomic E-state index is 13.5. The maximum Gasteiger partial charge on any atom is 0.322 e. The van der Waals surface area contributed by atoms with E-state index in [1.54, 1.807) is 23.4 Å². The number of carbonyl (C=O) groups excluding carboxylic acids is 2. The number of aliphatic hydroxyl groups excluding tert-OH is 1. The largest absolute Gasteiger partial charge is 0.394 e. The average Bonchev–Trinajstić information content (AvgIpc) is 2.85. The van der Waals surface area contributed by atoms with Crippen molar-refractivity contribution in [1.29, 1.82) is 0 Å². The fourth-order valence-electron chi connectivity index (χ4n) is 4.79. The lowest BCUT2D eigenvalue weighted by atomic mass is 9.73. The molecule has 0 unspecified atom stereocenters. The van der Waals surface area contributed by atoms with Gasteiger partial charge in [-0.25, -0.2) is 9.18 Å². The van der Waals surface area contributed by atoms with Crippen LogP contribution in [0, 0.1) is 17.7 Å². The second kappa shape index (κ2) is 9.57. The zero-order valence-electron chi connectivity index (χ0n) is 18.8. The molecule has 3 atom stereocenters. The van der Waals surface area contributed by atoms with E-state index < -0.39 is 11.8 Å². The van der Waals surface area contributed by atoms with Crippen molar-refractivity contribution >= 4 is 17.6 Å². The maximum absolute atomic E-state index is 13.5. The van der Waals surface area contributed by atoms with Gasteiger partial charge in [0.1, 0.15) is 12.4 Å². The zero-order valence-corrected chi connectivity index (χ0v) is 18.8. The summed E-state index contributed by atoms with van der Waals surface area (Å²) in [7, 11) is 0. The van der Waals surface area contributed by atoms with Gasteiger partial charge < -0.3 is 20.2 Å². The Morgan fingerprint density at radius 2 is 1.91 bits per heavy atom. The highest BCUT2D eigenvalue weighted by atomic mass is 19.1. The van der Waals surface area contributed by atoms with E-state index in [0.717, 1.165) is 16.7 Å². The molecule has 3 heterocycles. The molecule has 0 aliphatic carbocycles. The third-order valence-corrected chi connectivity index (χ3v) is 6.42. The summed E-state index contributed by atoms with van der Waals surface area (Å²) in [5.41, 5.74) is 2.96. The average molecular weight is 471 g/mol. The first kappa shape index (κ1) is 22.6. The number of urea groups is 1. The number of piperazine rings is 1. The summed E-state index contributed by atoms with van der Waals surface area (Å²) in [4.78, 5) is 32.7. The van der Waals surface area contributed by atoms with Gasteiger partial charge in [0, 0.05) is 41.7 Å². The minimum absolute atomic E-state index is 0.0935. The molecular weight excluding hydrogens is 447 g/mol. The highest BCUT2D eigenvalue weighted by molar-refractivity contribution is 5.93. The van der Waals surface area contributed by atoms with E-state index in [9.17, 15) is 19.1 Å². The van der Waals surface area contributed by atoms with E-state index in [4.69, 9.17) is 0 Å². The number of fused-ring (bicyclic) bond motifs is 1. The van der Waals surface area contributed by atoms with Gasteiger partial charge >= 0.3 is 6.03 Å². The Morgan fingerprint density at radius 1 is 1.11 bits per heavy atom. The molecule has 176 valence electrons. The lowest BCUT2D eigenvalue weighted by Crippen LogP contribution is -2.73. The van der Waals surface area contributed by atoms with Gasteiger partial charge in [0.25, 0.3) is 0 Å². The number of hydrogen-bond donors (Lipinski definition) is 2. The van der Waals surface area contributed by atoms with Crippen molar-refractivity contribution in [2.24, 2.45) is 0 Å². The summed E-state index contributed by atoms with van der Waals surface area (Å²) < 4.78 is 13.5. The molecule has 3 amide bonds. The summed E-state index contributed by atoms with van der Waals surface area (Å²) in [6.07, 6.45) is 3.40. The second-order valence-corrected chi connectivity index (χ2v) is 8.58. The SMILES string of the molecule is O=C(Nc1cccc(F)c1)N1CC(=O)N2[C@H](CO)[C@@H](c3ccc(C#Cc4cccnc4)cc3)[C@H]2C1. The molecule has 0 bridgehead atoms. The zero-order chi connectivity index (χ0) is 24.4. The van der Waals surface area contributed by atoms with Crippen molar-refractivity contribution in [1.82, 2.24) is 14.8 Å². The van der Waals surface area contributed by atoms with Gasteiger partial charge in [0.05, 0.1) is 18.7 Å². The van der Waals surface area contributed by atoms with Crippen LogP contribution in [-0.4, -0.2) is 63.6 Å². The molecule has 2 aliphatic heterocycles. The van der Waals surface area contributed by atoms with Gasteiger partial charge in [-0.2, -0.15) is 0 Å². The molecule has 8 heteroatoms. The summed E-state index contributed by atoms with van der Waals surface area (Å²) >= 11 is 0. The molecule has 0 saturated carbocycles. The highest BCUT2D eigenvalue weighted by Crippen LogP contribution is 2.43. The third-order valence-electron chi connectivity index (χ3n) is 6.42. The van der Waals surface area contributed by atoms with E-state index in [1.807, 2.05) is 36.4 Å². The van der Waals surface area contributed by atoms with E-state index in [0.29, 0.717) is 12.2 Å². The van der Waals surface area contributed by atoms with Crippen LogP contribution in [0.2, 0.25) is 0 Å². The number of halogens is 1. The number of anilines is 1. The number of nitrogens with zero attached hydrogens (tertiary/aromatic N) is 3. The third kappa shape index (κ3) is 4.59. The Morgan fingerprint density at radius 3 is 2.63 bits per heavy atom. The smallest absolute Gasteiger partial charge is 0.322 e. The van der Waals surface area contributed by atoms with Gasteiger partial charge in [-0.15, -0.1) is 0 Å². The number of aliphatic hydroxyl groups is 1. The lowest BCUT2D eigenvalue weighted by Gasteiger charge is -2.58. The van der Waals surface area contributed by atoms with E-state index >= 15 is 0 Å². The van der Waals surface area contributed by atoms with Crippen LogP contribution in [0.1, 0.15) is 22.6 Å². The molecule has 1 aromatic heterocycles. The normalized spacial score (nSPS) is 20.9. The predicted molar refractivity (Wildman–Crippen MR) is 128 cm³/mol. The number of rotatable bonds is 3. The van der Waals surface area contributed by atoms with Crippen molar-refractivity contribution in [3.8, 4) is 11.8 Å². The lowest BCUT2D eigenvalue weighted by molar-refractivity contribution is -0.159. The monoisotopic (exact) mass is 470 g/mol. The topological polar surface area (TPSA) is 85.8 Å². The predicted octanol–water partition coefficient (Wildman–Crippen LogP) is 2.82. The molecule has 0 radical (unpaired) electrons. The van der Waals surface area contributed by atoms with Crippen molar-refractivity contribution in [3.05, 3.63) is 95.6 Å². The Bertz CT molecular complexity index is 1300. The van der Waals surface area contributed by atoms with Crippen LogP contribution in [-0.2, 0) is 4.79 Å². The van der Waals surface area contributed by atoms with Crippen molar-refractivity contribution in [2.75, 3.05) is 25.0 Å². The van der Waals surface area contributed by atoms with Crippen LogP contribution < -0.4 is 5.32 Å². The Labute approximate surface area is 202 Å². The van der Waals surface area contributed by atoms with E-state index in [1.165, 1.54) is 23.1 Å². The molecule has 2 saturated heterocycles. The molecule has 5 rings (SSSR count). The Balaban J connectivity index is 1.31. The number of nitrogens with one attached hydrogen (secondary N) is 1. The molecule has 2 fully saturated rings. The van der Waals surface area contributed by atoms with Crippen LogP contribution in [0.25, 0.3) is 0 Å². The van der Waals surface area contributed by atoms with Gasteiger partial charge in [0.15, 0.2) is 0 Å². The molecule has 7 nitrogen and oxygen atoms in total. The van der Waals surface area contributed by atoms with Crippen LogP contribution >= 0.6 is 0 Å². The summed E-state index contributed by atoms with van der Waals surface area (Å²) in [6.45, 7) is 0.0608. The van der Waals surface area contributed by atoms with E-state index in [-0.39, 0.29) is 37.1 Å². The number of hydrogen-bond acceptors (Lipinski definition) is 4. The molecule has 0 spiro atoms. The number of carbonyl (C=O) groups is 2. The summed E-state index contributed by atoms with van der Waals surface area (Å²) in [5, 5.41) is 12.6. The minimum atomic E-state index is -0.462. The van der Waals surface area contributed by atoms with Gasteiger partial charge in [0.2, 0.25) is 5.91 Å². The fraction of sp³-hybridized carbons (Fsp3) is 0.222. The number of aromatic nitrogens is 1. The molecular formula is C27H23FN4O3. The van der Waals surface area contributed by atoms with Crippen molar-refractivity contribution in [2.45, 2.75) is 18.0 Å². The Hall–Kier alpha value is -4.22. The molecule has 2 N–H and O–H groups in total. The van der Waals surface area contributed by atoms with Crippen molar-refractivity contribution in [3.63, 3.8) is 0 Å². The molecule has 3 aromatic rings. The molecule has 2 aliphatic rings. The number of pyridine rings is 1. The van der Waals surface area contributed by atoms with E-state index in [2.05, 4.69) is 22.1 Å². The van der Waals surface area contributed by atoms with Crippen LogP contribution in [0.15, 0.2) is 73.1 Å². The summed E-state index contributed by atoms with van der Waals surface area (Å²) in [6, 6.07) is 16.0. The standard InChI is InChI=1S/C27H23FN4O3/c28-21-4-1-5-22(13-21)30-27(35)31-15-23-26(24(17-33)32(23)25(34)16-31)20-10-8-18(9-11-20)6-7-19-3-2-12-29-14-19/h1-5,8-14,23-24,26,33H,15-17H2,(H,30,35)/t23-,24-,26+/m1/s1. The van der Waals surface area contributed by atoms with Crippen LogP contribution in [0.5, 0.6) is 0 Å². The fourth-order valence-corrected chi connectivity index (χ4v) is 4.79. The first-order chi connectivity index (χ1) is 17.0. The van der Waals surface area contributed by atoms with Crippen LogP contribution in [0.4, 0.5) is 14.9 Å². The Kier molecular flexibility index (Phi) is 6.17. The highest BCUT2D eigenvalue weighted by Gasteiger charge is 2.54.